The zero-order valence-electron chi connectivity index (χ0n) is 9.92. The molecule has 1 fully saturated rings. The molecule has 2 nitrogen and oxygen atoms in total. The highest BCUT2D eigenvalue weighted by molar-refractivity contribution is 6.30. The van der Waals surface area contributed by atoms with Gasteiger partial charge in [-0.3, -0.25) is 11.3 Å². The summed E-state index contributed by atoms with van der Waals surface area (Å²) in [5.41, 5.74) is 3.39. The summed E-state index contributed by atoms with van der Waals surface area (Å²) in [5.74, 6) is 6.30. The van der Waals surface area contributed by atoms with Gasteiger partial charge in [-0.1, -0.05) is 37.4 Å². The molecule has 1 aliphatic rings. The summed E-state index contributed by atoms with van der Waals surface area (Å²) >= 11 is 5.76. The van der Waals surface area contributed by atoms with E-state index in [4.69, 9.17) is 17.4 Å². The Bertz CT molecular complexity index is 397. The summed E-state index contributed by atoms with van der Waals surface area (Å²) in [6.45, 7) is 2.20. The molecule has 3 atom stereocenters. The van der Waals surface area contributed by atoms with Crippen molar-refractivity contribution in [2.75, 3.05) is 0 Å². The Morgan fingerprint density at radius 1 is 1.47 bits per heavy atom. The van der Waals surface area contributed by atoms with E-state index in [0.29, 0.717) is 22.4 Å². The second kappa shape index (κ2) is 5.34. The Kier molecular flexibility index (Phi) is 4.02. The van der Waals surface area contributed by atoms with Crippen LogP contribution in [0.5, 0.6) is 0 Å². The molecule has 1 aliphatic carbocycles. The number of rotatable bonds is 3. The Hall–Kier alpha value is -0.640. The van der Waals surface area contributed by atoms with Gasteiger partial charge in [0.15, 0.2) is 0 Å². The van der Waals surface area contributed by atoms with E-state index >= 15 is 0 Å². The summed E-state index contributed by atoms with van der Waals surface area (Å²) in [5, 5.41) is 0.418. The van der Waals surface area contributed by atoms with E-state index in [1.165, 1.54) is 18.9 Å². The second-order valence-electron chi connectivity index (χ2n) is 4.88. The molecule has 0 amide bonds. The van der Waals surface area contributed by atoms with Crippen LogP contribution in [0.2, 0.25) is 5.02 Å². The van der Waals surface area contributed by atoms with E-state index in [-0.39, 0.29) is 11.9 Å². The molecule has 0 aliphatic heterocycles. The van der Waals surface area contributed by atoms with E-state index in [9.17, 15) is 4.39 Å². The van der Waals surface area contributed by atoms with Gasteiger partial charge in [-0.2, -0.15) is 0 Å². The molecule has 4 heteroatoms. The molecular weight excluding hydrogens is 239 g/mol. The fourth-order valence-corrected chi connectivity index (χ4v) is 3.03. The van der Waals surface area contributed by atoms with E-state index in [2.05, 4.69) is 12.3 Å². The van der Waals surface area contributed by atoms with Crippen molar-refractivity contribution >= 4 is 11.6 Å². The minimum absolute atomic E-state index is 0.121. The molecule has 1 saturated carbocycles. The van der Waals surface area contributed by atoms with Crippen molar-refractivity contribution in [2.24, 2.45) is 17.7 Å². The number of nitrogens with one attached hydrogen (secondary N) is 1. The van der Waals surface area contributed by atoms with Crippen molar-refractivity contribution in [2.45, 2.75) is 32.2 Å². The lowest BCUT2D eigenvalue weighted by Gasteiger charge is -2.27. The summed E-state index contributed by atoms with van der Waals surface area (Å²) in [7, 11) is 0. The topological polar surface area (TPSA) is 38.0 Å². The minimum Gasteiger partial charge on any atom is -0.271 e. The van der Waals surface area contributed by atoms with Crippen LogP contribution in [0.15, 0.2) is 18.2 Å². The van der Waals surface area contributed by atoms with E-state index < -0.39 is 0 Å². The maximum Gasteiger partial charge on any atom is 0.129 e. The molecule has 3 unspecified atom stereocenters. The number of hydrogen-bond acceptors (Lipinski definition) is 2. The van der Waals surface area contributed by atoms with E-state index in [1.807, 2.05) is 0 Å². The Labute approximate surface area is 106 Å². The number of hydrazine groups is 1. The molecule has 94 valence electrons. The summed E-state index contributed by atoms with van der Waals surface area (Å²) < 4.78 is 13.9. The highest BCUT2D eigenvalue weighted by Gasteiger charge is 2.32. The smallest absolute Gasteiger partial charge is 0.129 e. The highest BCUT2D eigenvalue weighted by atomic mass is 35.5. The first-order valence-electron chi connectivity index (χ1n) is 6.04. The predicted octanol–water partition coefficient (Wildman–Crippen LogP) is 3.42. The molecule has 2 rings (SSSR count). The normalized spacial score (nSPS) is 26.1. The van der Waals surface area contributed by atoms with Crippen LogP contribution < -0.4 is 11.3 Å². The Morgan fingerprint density at radius 2 is 2.24 bits per heavy atom. The molecule has 0 aromatic heterocycles. The van der Waals surface area contributed by atoms with Gasteiger partial charge >= 0.3 is 0 Å². The summed E-state index contributed by atoms with van der Waals surface area (Å²) in [6.07, 6.45) is 3.48. The van der Waals surface area contributed by atoms with Crippen LogP contribution in [-0.4, -0.2) is 0 Å². The lowest BCUT2D eigenvalue weighted by molar-refractivity contribution is 0.298. The average molecular weight is 257 g/mol. The number of hydrogen-bond donors (Lipinski definition) is 2. The van der Waals surface area contributed by atoms with Crippen LogP contribution in [-0.2, 0) is 0 Å². The quantitative estimate of drug-likeness (QED) is 0.642. The number of benzene rings is 1. The molecule has 0 spiro atoms. The minimum atomic E-state index is -0.278. The molecular formula is C13H18ClFN2. The van der Waals surface area contributed by atoms with Crippen LogP contribution in [0.25, 0.3) is 0 Å². The van der Waals surface area contributed by atoms with Gasteiger partial charge in [0, 0.05) is 10.6 Å². The van der Waals surface area contributed by atoms with Crippen molar-refractivity contribution in [3.8, 4) is 0 Å². The number of nitrogens with two attached hydrogens (primary N) is 1. The average Bonchev–Trinajstić information content (AvgIpc) is 2.69. The van der Waals surface area contributed by atoms with Crippen molar-refractivity contribution in [3.63, 3.8) is 0 Å². The second-order valence-corrected chi connectivity index (χ2v) is 5.32. The van der Waals surface area contributed by atoms with Gasteiger partial charge in [0.05, 0.1) is 6.04 Å². The zero-order chi connectivity index (χ0) is 12.4. The summed E-state index contributed by atoms with van der Waals surface area (Å²) in [4.78, 5) is 0. The summed E-state index contributed by atoms with van der Waals surface area (Å²) in [6, 6.07) is 4.67. The van der Waals surface area contributed by atoms with Gasteiger partial charge in [-0.15, -0.1) is 0 Å². The Morgan fingerprint density at radius 3 is 2.76 bits per heavy atom. The highest BCUT2D eigenvalue weighted by Crippen LogP contribution is 2.40. The van der Waals surface area contributed by atoms with Crippen molar-refractivity contribution < 1.29 is 4.39 Å². The predicted molar refractivity (Wildman–Crippen MR) is 68.0 cm³/mol. The van der Waals surface area contributed by atoms with Gasteiger partial charge in [-0.25, -0.2) is 4.39 Å². The SMILES string of the molecule is CC1CCCC1C(NN)c1ccc(Cl)cc1F. The van der Waals surface area contributed by atoms with Crippen LogP contribution in [0, 0.1) is 17.7 Å². The zero-order valence-corrected chi connectivity index (χ0v) is 10.7. The van der Waals surface area contributed by atoms with Gasteiger partial charge in [0.25, 0.3) is 0 Å². The van der Waals surface area contributed by atoms with Gasteiger partial charge in [0.1, 0.15) is 5.82 Å². The maximum absolute atomic E-state index is 13.9. The molecule has 0 heterocycles. The van der Waals surface area contributed by atoms with E-state index in [1.54, 1.807) is 12.1 Å². The fraction of sp³-hybridized carbons (Fsp3) is 0.538. The molecule has 0 saturated heterocycles. The third-order valence-electron chi connectivity index (χ3n) is 3.83. The van der Waals surface area contributed by atoms with Crippen LogP contribution >= 0.6 is 11.6 Å². The Balaban J connectivity index is 2.28. The van der Waals surface area contributed by atoms with Gasteiger partial charge < -0.3 is 0 Å². The molecule has 17 heavy (non-hydrogen) atoms. The third kappa shape index (κ3) is 2.62. The standard InChI is InChI=1S/C13H18ClFN2/c1-8-3-2-4-10(8)13(17-16)11-6-5-9(14)7-12(11)15/h5-8,10,13,17H,2-4,16H2,1H3. The van der Waals surface area contributed by atoms with Crippen molar-refractivity contribution in [1.82, 2.24) is 5.43 Å². The fourth-order valence-electron chi connectivity index (χ4n) is 2.87. The van der Waals surface area contributed by atoms with Gasteiger partial charge in [0.2, 0.25) is 0 Å². The maximum atomic E-state index is 13.9. The third-order valence-corrected chi connectivity index (χ3v) is 4.07. The molecule has 1 aromatic rings. The lowest BCUT2D eigenvalue weighted by atomic mass is 9.86. The lowest BCUT2D eigenvalue weighted by Crippen LogP contribution is -2.35. The molecule has 1 aromatic carbocycles. The molecule has 3 N–H and O–H groups in total. The van der Waals surface area contributed by atoms with E-state index in [0.717, 1.165) is 6.42 Å². The molecule has 0 bridgehead atoms. The largest absolute Gasteiger partial charge is 0.271 e. The van der Waals surface area contributed by atoms with Crippen molar-refractivity contribution in [3.05, 3.63) is 34.6 Å². The first-order valence-corrected chi connectivity index (χ1v) is 6.42. The first-order chi connectivity index (χ1) is 8.13. The van der Waals surface area contributed by atoms with Crippen LogP contribution in [0.3, 0.4) is 0 Å². The van der Waals surface area contributed by atoms with Crippen LogP contribution in [0.4, 0.5) is 4.39 Å². The van der Waals surface area contributed by atoms with Gasteiger partial charge in [-0.05, 0) is 30.4 Å². The first kappa shape index (κ1) is 12.8. The molecule has 0 radical (unpaired) electrons. The van der Waals surface area contributed by atoms with Crippen LogP contribution in [0.1, 0.15) is 37.8 Å². The van der Waals surface area contributed by atoms with Crippen molar-refractivity contribution in [1.29, 1.82) is 0 Å². The number of halogens is 2. The monoisotopic (exact) mass is 256 g/mol.